The van der Waals surface area contributed by atoms with E-state index in [-0.39, 0.29) is 12.5 Å². The number of nitrogens with zero attached hydrogens (tertiary/aromatic N) is 1. The molecule has 0 saturated carbocycles. The Labute approximate surface area is 111 Å². The van der Waals surface area contributed by atoms with E-state index in [1.165, 1.54) is 0 Å². The lowest BCUT2D eigenvalue weighted by atomic mass is 10.3. The SMILES string of the molecule is COc1cccc(OCC(=O)Nc2ccccn2)c1. The summed E-state index contributed by atoms with van der Waals surface area (Å²) in [5.41, 5.74) is 0. The number of benzene rings is 1. The summed E-state index contributed by atoms with van der Waals surface area (Å²) in [5.74, 6) is 1.50. The van der Waals surface area contributed by atoms with Crippen LogP contribution < -0.4 is 14.8 Å². The van der Waals surface area contributed by atoms with Crippen LogP contribution in [0.4, 0.5) is 5.82 Å². The first-order chi connectivity index (χ1) is 9.28. The number of amides is 1. The molecule has 0 bridgehead atoms. The molecule has 0 fully saturated rings. The number of anilines is 1. The van der Waals surface area contributed by atoms with Gasteiger partial charge in [-0.15, -0.1) is 0 Å². The molecule has 1 aromatic heterocycles. The summed E-state index contributed by atoms with van der Waals surface area (Å²) in [6, 6.07) is 12.4. The van der Waals surface area contributed by atoms with E-state index in [9.17, 15) is 4.79 Å². The first kappa shape index (κ1) is 12.9. The van der Waals surface area contributed by atoms with Gasteiger partial charge in [-0.25, -0.2) is 4.98 Å². The van der Waals surface area contributed by atoms with Gasteiger partial charge in [-0.2, -0.15) is 0 Å². The summed E-state index contributed by atoms with van der Waals surface area (Å²) in [6.07, 6.45) is 1.61. The van der Waals surface area contributed by atoms with Crippen molar-refractivity contribution in [3.05, 3.63) is 48.7 Å². The lowest BCUT2D eigenvalue weighted by Crippen LogP contribution is -2.20. The standard InChI is InChI=1S/C14H14N2O3/c1-18-11-5-4-6-12(9-11)19-10-14(17)16-13-7-2-3-8-15-13/h2-9H,10H2,1H3,(H,15,16,17). The van der Waals surface area contributed by atoms with E-state index < -0.39 is 0 Å². The van der Waals surface area contributed by atoms with Crippen molar-refractivity contribution in [2.24, 2.45) is 0 Å². The zero-order valence-electron chi connectivity index (χ0n) is 10.5. The van der Waals surface area contributed by atoms with Crippen LogP contribution in [0, 0.1) is 0 Å². The molecule has 19 heavy (non-hydrogen) atoms. The maximum Gasteiger partial charge on any atom is 0.263 e. The third-order valence-corrected chi connectivity index (χ3v) is 2.34. The first-order valence-electron chi connectivity index (χ1n) is 5.75. The number of hydrogen-bond donors (Lipinski definition) is 1. The van der Waals surface area contributed by atoms with Crippen molar-refractivity contribution in [2.75, 3.05) is 19.0 Å². The van der Waals surface area contributed by atoms with E-state index in [1.54, 1.807) is 55.8 Å². The van der Waals surface area contributed by atoms with Gasteiger partial charge in [0.1, 0.15) is 17.3 Å². The predicted octanol–water partition coefficient (Wildman–Crippen LogP) is 2.11. The summed E-state index contributed by atoms with van der Waals surface area (Å²) in [4.78, 5) is 15.6. The smallest absolute Gasteiger partial charge is 0.263 e. The fraction of sp³-hybridized carbons (Fsp3) is 0.143. The topological polar surface area (TPSA) is 60.5 Å². The molecule has 0 radical (unpaired) electrons. The number of carbonyl (C=O) groups is 1. The Balaban J connectivity index is 1.86. The van der Waals surface area contributed by atoms with E-state index in [0.29, 0.717) is 17.3 Å². The molecule has 2 rings (SSSR count). The monoisotopic (exact) mass is 258 g/mol. The van der Waals surface area contributed by atoms with Crippen molar-refractivity contribution in [1.82, 2.24) is 4.98 Å². The fourth-order valence-corrected chi connectivity index (χ4v) is 1.46. The van der Waals surface area contributed by atoms with Gasteiger partial charge in [0.05, 0.1) is 7.11 Å². The second kappa shape index (κ2) is 6.39. The van der Waals surface area contributed by atoms with Crippen LogP contribution in [-0.2, 0) is 4.79 Å². The van der Waals surface area contributed by atoms with Gasteiger partial charge < -0.3 is 14.8 Å². The van der Waals surface area contributed by atoms with Gasteiger partial charge in [-0.05, 0) is 24.3 Å². The molecule has 0 saturated heterocycles. The summed E-state index contributed by atoms with van der Waals surface area (Å²) < 4.78 is 10.4. The minimum Gasteiger partial charge on any atom is -0.497 e. The minimum absolute atomic E-state index is 0.0796. The van der Waals surface area contributed by atoms with E-state index >= 15 is 0 Å². The van der Waals surface area contributed by atoms with Gasteiger partial charge in [0, 0.05) is 12.3 Å². The number of pyridine rings is 1. The number of hydrogen-bond acceptors (Lipinski definition) is 4. The highest BCUT2D eigenvalue weighted by Crippen LogP contribution is 2.18. The van der Waals surface area contributed by atoms with Gasteiger partial charge in [-0.3, -0.25) is 4.79 Å². The number of carbonyl (C=O) groups excluding carboxylic acids is 1. The highest BCUT2D eigenvalue weighted by molar-refractivity contribution is 5.90. The van der Waals surface area contributed by atoms with E-state index in [1.807, 2.05) is 0 Å². The van der Waals surface area contributed by atoms with E-state index in [2.05, 4.69) is 10.3 Å². The zero-order chi connectivity index (χ0) is 13.5. The van der Waals surface area contributed by atoms with Crippen LogP contribution in [-0.4, -0.2) is 24.6 Å². The maximum absolute atomic E-state index is 11.6. The van der Waals surface area contributed by atoms with Gasteiger partial charge in [0.2, 0.25) is 0 Å². The second-order valence-corrected chi connectivity index (χ2v) is 3.73. The van der Waals surface area contributed by atoms with Crippen molar-refractivity contribution in [1.29, 1.82) is 0 Å². The summed E-state index contributed by atoms with van der Waals surface area (Å²) >= 11 is 0. The van der Waals surface area contributed by atoms with Crippen molar-refractivity contribution in [3.8, 4) is 11.5 Å². The molecule has 0 aliphatic rings. The van der Waals surface area contributed by atoms with E-state index in [4.69, 9.17) is 9.47 Å². The van der Waals surface area contributed by atoms with Gasteiger partial charge >= 0.3 is 0 Å². The van der Waals surface area contributed by atoms with Crippen LogP contribution in [0.3, 0.4) is 0 Å². The number of ether oxygens (including phenoxy) is 2. The fourth-order valence-electron chi connectivity index (χ4n) is 1.46. The molecule has 1 heterocycles. The van der Waals surface area contributed by atoms with Crippen molar-refractivity contribution < 1.29 is 14.3 Å². The molecule has 0 unspecified atom stereocenters. The van der Waals surface area contributed by atoms with Gasteiger partial charge in [0.25, 0.3) is 5.91 Å². The van der Waals surface area contributed by atoms with Crippen LogP contribution in [0.1, 0.15) is 0 Å². The average molecular weight is 258 g/mol. The third-order valence-electron chi connectivity index (χ3n) is 2.34. The van der Waals surface area contributed by atoms with Crippen molar-refractivity contribution in [3.63, 3.8) is 0 Å². The zero-order valence-corrected chi connectivity index (χ0v) is 10.5. The highest BCUT2D eigenvalue weighted by Gasteiger charge is 2.04. The molecule has 2 aromatic rings. The largest absolute Gasteiger partial charge is 0.497 e. The van der Waals surface area contributed by atoms with Crippen LogP contribution in [0.15, 0.2) is 48.7 Å². The average Bonchev–Trinajstić information content (AvgIpc) is 2.46. The van der Waals surface area contributed by atoms with Crippen LogP contribution >= 0.6 is 0 Å². The maximum atomic E-state index is 11.6. The lowest BCUT2D eigenvalue weighted by Gasteiger charge is -2.07. The molecular weight excluding hydrogens is 244 g/mol. The first-order valence-corrected chi connectivity index (χ1v) is 5.75. The van der Waals surface area contributed by atoms with Gasteiger partial charge in [-0.1, -0.05) is 12.1 Å². The molecule has 1 aromatic carbocycles. The highest BCUT2D eigenvalue weighted by atomic mass is 16.5. The third kappa shape index (κ3) is 3.99. The Morgan fingerprint density at radius 1 is 1.21 bits per heavy atom. The molecule has 98 valence electrons. The molecule has 0 spiro atoms. The molecule has 1 amide bonds. The summed E-state index contributed by atoms with van der Waals surface area (Å²) in [5, 5.41) is 2.63. The van der Waals surface area contributed by atoms with Gasteiger partial charge in [0.15, 0.2) is 6.61 Å². The minimum atomic E-state index is -0.262. The van der Waals surface area contributed by atoms with Crippen LogP contribution in [0.2, 0.25) is 0 Å². The van der Waals surface area contributed by atoms with Crippen LogP contribution in [0.5, 0.6) is 11.5 Å². The molecular formula is C14H14N2O3. The molecule has 0 aliphatic carbocycles. The Bertz CT molecular complexity index is 543. The normalized spacial score (nSPS) is 9.74. The van der Waals surface area contributed by atoms with Crippen molar-refractivity contribution >= 4 is 11.7 Å². The number of methoxy groups -OCH3 is 1. The van der Waals surface area contributed by atoms with Crippen molar-refractivity contribution in [2.45, 2.75) is 0 Å². The molecule has 5 nitrogen and oxygen atoms in total. The molecule has 0 aliphatic heterocycles. The molecule has 1 N–H and O–H groups in total. The quantitative estimate of drug-likeness (QED) is 0.892. The summed E-state index contributed by atoms with van der Waals surface area (Å²) in [7, 11) is 1.58. The molecule has 0 atom stereocenters. The van der Waals surface area contributed by atoms with Crippen LogP contribution in [0.25, 0.3) is 0 Å². The Kier molecular flexibility index (Phi) is 4.34. The summed E-state index contributed by atoms with van der Waals surface area (Å²) in [6.45, 7) is -0.0796. The molecule has 5 heteroatoms. The Hall–Kier alpha value is -2.56. The predicted molar refractivity (Wildman–Crippen MR) is 71.4 cm³/mol. The number of rotatable bonds is 5. The van der Waals surface area contributed by atoms with E-state index in [0.717, 1.165) is 0 Å². The Morgan fingerprint density at radius 3 is 2.79 bits per heavy atom. The number of nitrogens with one attached hydrogen (secondary N) is 1. The second-order valence-electron chi connectivity index (χ2n) is 3.73. The number of aromatic nitrogens is 1. The Morgan fingerprint density at radius 2 is 2.05 bits per heavy atom. The lowest BCUT2D eigenvalue weighted by molar-refractivity contribution is -0.118.